The number of aromatic nitrogens is 3. The molecular weight excluding hydrogens is 330 g/mol. The summed E-state index contributed by atoms with van der Waals surface area (Å²) < 4.78 is 4.46. The fourth-order valence-electron chi connectivity index (χ4n) is 4.03. The Labute approximate surface area is 155 Å². The van der Waals surface area contributed by atoms with Crippen LogP contribution in [0, 0.1) is 20.8 Å². The lowest BCUT2D eigenvalue weighted by atomic mass is 10.0. The Morgan fingerprint density at radius 3 is 2.44 bits per heavy atom. The van der Waals surface area contributed by atoms with Crippen LogP contribution in [-0.2, 0) is 12.8 Å². The number of nitrogens with zero attached hydrogens (tertiary/aromatic N) is 3. The molecule has 1 aromatic heterocycles. The first-order valence-electron chi connectivity index (χ1n) is 8.73. The Morgan fingerprint density at radius 2 is 1.76 bits per heavy atom. The van der Waals surface area contributed by atoms with Crippen LogP contribution >= 0.6 is 0 Å². The first-order chi connectivity index (χ1) is 11.6. The highest BCUT2D eigenvalue weighted by Gasteiger charge is 2.32. The van der Waals surface area contributed by atoms with E-state index in [2.05, 4.69) is 78.8 Å². The van der Waals surface area contributed by atoms with Gasteiger partial charge < -0.3 is 12.4 Å². The summed E-state index contributed by atoms with van der Waals surface area (Å²) in [5, 5.41) is 4.88. The molecule has 2 aromatic carbocycles. The summed E-state index contributed by atoms with van der Waals surface area (Å²) in [5.74, 6) is 1.20. The molecule has 0 saturated carbocycles. The Balaban J connectivity index is 0.00000182. The van der Waals surface area contributed by atoms with E-state index in [9.17, 15) is 0 Å². The summed E-state index contributed by atoms with van der Waals surface area (Å²) in [4.78, 5) is 0. The van der Waals surface area contributed by atoms with E-state index >= 15 is 0 Å². The van der Waals surface area contributed by atoms with E-state index in [1.54, 1.807) is 0 Å². The molecule has 1 aliphatic rings. The van der Waals surface area contributed by atoms with E-state index in [4.69, 9.17) is 5.10 Å². The zero-order chi connectivity index (χ0) is 16.7. The van der Waals surface area contributed by atoms with Gasteiger partial charge in [0, 0.05) is 17.9 Å². The van der Waals surface area contributed by atoms with E-state index in [-0.39, 0.29) is 12.4 Å². The molecule has 25 heavy (non-hydrogen) atoms. The second kappa shape index (κ2) is 7.01. The van der Waals surface area contributed by atoms with E-state index in [0.29, 0.717) is 6.04 Å². The standard InChI is InChI=1S/C21H24N3.ClH/c1-15-11-16(2)21(17(3)12-15)24-14-23-19(9-10-20(23)22-24)13-18-7-5-4-6-8-18;/h4-8,11-12,14,19H,9-10,13H2,1-3H3;1H/q+1;/p-1/t19-;/m1./s1. The molecule has 3 aromatic rings. The van der Waals surface area contributed by atoms with Crippen LogP contribution in [0.1, 0.15) is 40.5 Å². The van der Waals surface area contributed by atoms with Crippen LogP contribution < -0.4 is 17.0 Å². The lowest BCUT2D eigenvalue weighted by Gasteiger charge is -2.09. The predicted octanol–water partition coefficient (Wildman–Crippen LogP) is 0.819. The maximum atomic E-state index is 4.88. The zero-order valence-electron chi connectivity index (χ0n) is 15.0. The van der Waals surface area contributed by atoms with Crippen molar-refractivity contribution in [3.05, 3.63) is 76.9 Å². The first-order valence-corrected chi connectivity index (χ1v) is 8.73. The molecule has 0 unspecified atom stereocenters. The van der Waals surface area contributed by atoms with Crippen LogP contribution in [0.15, 0.2) is 48.8 Å². The number of rotatable bonds is 3. The maximum Gasteiger partial charge on any atom is 0.278 e. The van der Waals surface area contributed by atoms with Gasteiger partial charge in [0.05, 0.1) is 6.04 Å². The highest BCUT2D eigenvalue weighted by Crippen LogP contribution is 2.24. The van der Waals surface area contributed by atoms with Crippen molar-refractivity contribution >= 4 is 0 Å². The van der Waals surface area contributed by atoms with Crippen molar-refractivity contribution in [2.24, 2.45) is 0 Å². The molecule has 130 valence electrons. The molecule has 0 fully saturated rings. The monoisotopic (exact) mass is 353 g/mol. The summed E-state index contributed by atoms with van der Waals surface area (Å²) >= 11 is 0. The van der Waals surface area contributed by atoms with Crippen LogP contribution in [0.5, 0.6) is 0 Å². The minimum absolute atomic E-state index is 0. The lowest BCUT2D eigenvalue weighted by molar-refractivity contribution is -0.716. The fraction of sp³-hybridized carbons (Fsp3) is 0.333. The van der Waals surface area contributed by atoms with Gasteiger partial charge in [-0.25, -0.2) is 4.57 Å². The molecule has 0 bridgehead atoms. The van der Waals surface area contributed by atoms with E-state index in [1.165, 1.54) is 40.2 Å². The lowest BCUT2D eigenvalue weighted by Crippen LogP contribution is -3.00. The largest absolute Gasteiger partial charge is 1.00 e. The summed E-state index contributed by atoms with van der Waals surface area (Å²) in [6, 6.07) is 15.8. The number of hydrogen-bond donors (Lipinski definition) is 0. The zero-order valence-corrected chi connectivity index (χ0v) is 15.8. The van der Waals surface area contributed by atoms with Crippen molar-refractivity contribution < 1.29 is 17.0 Å². The Hall–Kier alpha value is -2.13. The Bertz CT molecular complexity index is 860. The molecule has 0 amide bonds. The van der Waals surface area contributed by atoms with E-state index in [1.807, 2.05) is 0 Å². The average Bonchev–Trinajstić information content (AvgIpc) is 3.09. The van der Waals surface area contributed by atoms with Crippen LogP contribution in [0.3, 0.4) is 0 Å². The normalized spacial score (nSPS) is 15.7. The van der Waals surface area contributed by atoms with Gasteiger partial charge in [0.1, 0.15) is 5.69 Å². The second-order valence-corrected chi connectivity index (χ2v) is 7.01. The van der Waals surface area contributed by atoms with Crippen LogP contribution in [-0.4, -0.2) is 9.78 Å². The maximum absolute atomic E-state index is 4.88. The summed E-state index contributed by atoms with van der Waals surface area (Å²) in [6.07, 6.45) is 5.52. The van der Waals surface area contributed by atoms with Gasteiger partial charge in [-0.05, 0) is 43.9 Å². The van der Waals surface area contributed by atoms with Crippen LogP contribution in [0.4, 0.5) is 0 Å². The number of aryl methyl sites for hydroxylation is 4. The van der Waals surface area contributed by atoms with Gasteiger partial charge in [-0.15, -0.1) is 0 Å². The van der Waals surface area contributed by atoms with Crippen molar-refractivity contribution in [3.63, 3.8) is 0 Å². The molecule has 0 N–H and O–H groups in total. The molecule has 1 atom stereocenters. The topological polar surface area (TPSA) is 21.7 Å². The predicted molar refractivity (Wildman–Crippen MR) is 95.5 cm³/mol. The van der Waals surface area contributed by atoms with Gasteiger partial charge in [0.15, 0.2) is 0 Å². The third-order valence-electron chi connectivity index (χ3n) is 5.03. The Kier molecular flexibility index (Phi) is 4.96. The van der Waals surface area contributed by atoms with Crippen LogP contribution in [0.2, 0.25) is 0 Å². The molecule has 4 heteroatoms. The van der Waals surface area contributed by atoms with Crippen molar-refractivity contribution in [1.29, 1.82) is 0 Å². The molecule has 0 aliphatic carbocycles. The number of hydrogen-bond acceptors (Lipinski definition) is 1. The second-order valence-electron chi connectivity index (χ2n) is 7.01. The van der Waals surface area contributed by atoms with Gasteiger partial charge in [0.25, 0.3) is 5.82 Å². The first kappa shape index (κ1) is 17.7. The number of halogens is 1. The number of fused-ring (bicyclic) bond motifs is 1. The van der Waals surface area contributed by atoms with E-state index < -0.39 is 0 Å². The minimum Gasteiger partial charge on any atom is -1.00 e. The van der Waals surface area contributed by atoms with Crippen molar-refractivity contribution in [1.82, 2.24) is 9.78 Å². The molecule has 3 nitrogen and oxygen atoms in total. The van der Waals surface area contributed by atoms with Gasteiger partial charge in [-0.3, -0.25) is 0 Å². The van der Waals surface area contributed by atoms with Gasteiger partial charge >= 0.3 is 0 Å². The minimum atomic E-state index is 0. The van der Waals surface area contributed by atoms with Crippen LogP contribution in [0.25, 0.3) is 5.69 Å². The van der Waals surface area contributed by atoms with Crippen molar-refractivity contribution in [2.45, 2.75) is 46.1 Å². The molecule has 0 spiro atoms. The Morgan fingerprint density at radius 1 is 1.08 bits per heavy atom. The van der Waals surface area contributed by atoms with Gasteiger partial charge in [-0.1, -0.05) is 52.7 Å². The highest BCUT2D eigenvalue weighted by atomic mass is 35.5. The van der Waals surface area contributed by atoms with E-state index in [0.717, 1.165) is 12.8 Å². The average molecular weight is 354 g/mol. The van der Waals surface area contributed by atoms with Gasteiger partial charge in [0.2, 0.25) is 6.33 Å². The summed E-state index contributed by atoms with van der Waals surface area (Å²) in [6.45, 7) is 6.50. The van der Waals surface area contributed by atoms with Crippen molar-refractivity contribution in [2.75, 3.05) is 0 Å². The smallest absolute Gasteiger partial charge is 0.278 e. The fourth-order valence-corrected chi connectivity index (χ4v) is 4.03. The molecule has 1 aliphatic heterocycles. The molecule has 0 saturated heterocycles. The highest BCUT2D eigenvalue weighted by molar-refractivity contribution is 5.48. The molecule has 0 radical (unpaired) electrons. The van der Waals surface area contributed by atoms with Crippen molar-refractivity contribution in [3.8, 4) is 5.69 Å². The SMILES string of the molecule is Cc1cc(C)c(-n2c[n+]3c(n2)CC[C@@H]3Cc2ccccc2)c(C)c1.[Cl-]. The summed E-state index contributed by atoms with van der Waals surface area (Å²) in [7, 11) is 0. The molecular formula is C21H24ClN3. The quantitative estimate of drug-likeness (QED) is 0.639. The number of benzene rings is 2. The van der Waals surface area contributed by atoms with Gasteiger partial charge in [-0.2, -0.15) is 0 Å². The summed E-state index contributed by atoms with van der Waals surface area (Å²) in [5.41, 5.74) is 6.50. The molecule has 2 heterocycles. The third kappa shape index (κ3) is 3.34. The third-order valence-corrected chi connectivity index (χ3v) is 5.03. The molecule has 4 rings (SSSR count).